The summed E-state index contributed by atoms with van der Waals surface area (Å²) in [5.74, 6) is 1.11. The number of morpholine rings is 1. The molecule has 0 radical (unpaired) electrons. The number of amides is 2. The molecule has 3 N–H and O–H groups in total. The average molecular weight is 563 g/mol. The Hall–Kier alpha value is -4.20. The summed E-state index contributed by atoms with van der Waals surface area (Å²) >= 11 is 1.62. The number of carbonyl (C=O) groups excluding carboxylic acids is 2. The monoisotopic (exact) mass is 562 g/mol. The molecule has 4 aromatic rings. The fraction of sp³-hybridized carbons (Fsp3) is 0.333. The standard InChI is InChI=1S/C27H30N8O4S/c1-16(2)25(36)30-19-6-4-17(5-7-19)23-31-21-12-20(40-22(21)24(32-23)35-8-10-39-11-9-35)15-34(3)27-28-13-18(14-29-27)26(37)33-38/h4-7,12-14,16,38H,8-11,15H2,1-3H3,(H,30,36)(H,33,37). The van der Waals surface area contributed by atoms with Gasteiger partial charge in [-0.25, -0.2) is 25.4 Å². The third-order valence-corrected chi connectivity index (χ3v) is 7.49. The minimum absolute atomic E-state index is 0.0345. The minimum Gasteiger partial charge on any atom is -0.378 e. The Morgan fingerprint density at radius 3 is 2.48 bits per heavy atom. The van der Waals surface area contributed by atoms with Gasteiger partial charge < -0.3 is 19.9 Å². The number of hydrogen-bond donors (Lipinski definition) is 3. The van der Waals surface area contributed by atoms with Crippen molar-refractivity contribution in [1.82, 2.24) is 25.4 Å². The van der Waals surface area contributed by atoms with Crippen molar-refractivity contribution in [2.24, 2.45) is 5.92 Å². The van der Waals surface area contributed by atoms with Gasteiger partial charge in [0.05, 0.1) is 35.5 Å². The van der Waals surface area contributed by atoms with Crippen LogP contribution in [-0.2, 0) is 16.1 Å². The molecule has 1 aromatic carbocycles. The number of fused-ring (bicyclic) bond motifs is 1. The number of anilines is 3. The summed E-state index contributed by atoms with van der Waals surface area (Å²) in [6.45, 7) is 6.97. The van der Waals surface area contributed by atoms with Crippen molar-refractivity contribution >= 4 is 50.8 Å². The van der Waals surface area contributed by atoms with Gasteiger partial charge in [-0.05, 0) is 30.3 Å². The molecule has 0 saturated carbocycles. The Morgan fingerprint density at radius 2 is 1.82 bits per heavy atom. The molecular weight excluding hydrogens is 532 g/mol. The Balaban J connectivity index is 1.44. The quantitative estimate of drug-likeness (QED) is 0.216. The summed E-state index contributed by atoms with van der Waals surface area (Å²) in [5.41, 5.74) is 4.16. The van der Waals surface area contributed by atoms with Crippen molar-refractivity contribution < 1.29 is 19.5 Å². The highest BCUT2D eigenvalue weighted by Crippen LogP contribution is 2.35. The number of thiophene rings is 1. The van der Waals surface area contributed by atoms with E-state index < -0.39 is 5.91 Å². The van der Waals surface area contributed by atoms with Crippen LogP contribution in [0.1, 0.15) is 29.1 Å². The molecule has 0 unspecified atom stereocenters. The predicted octanol–water partition coefficient (Wildman–Crippen LogP) is 3.33. The third-order valence-electron chi connectivity index (χ3n) is 6.39. The summed E-state index contributed by atoms with van der Waals surface area (Å²) in [7, 11) is 1.87. The van der Waals surface area contributed by atoms with Crippen molar-refractivity contribution in [3.63, 3.8) is 0 Å². The van der Waals surface area contributed by atoms with E-state index in [1.165, 1.54) is 12.4 Å². The van der Waals surface area contributed by atoms with Crippen LogP contribution in [0.15, 0.2) is 42.7 Å². The van der Waals surface area contributed by atoms with E-state index in [1.54, 1.807) is 16.8 Å². The van der Waals surface area contributed by atoms with Crippen LogP contribution >= 0.6 is 11.3 Å². The molecule has 4 heterocycles. The molecule has 40 heavy (non-hydrogen) atoms. The van der Waals surface area contributed by atoms with Crippen molar-refractivity contribution in [2.45, 2.75) is 20.4 Å². The number of nitrogens with one attached hydrogen (secondary N) is 2. The summed E-state index contributed by atoms with van der Waals surface area (Å²) in [4.78, 5) is 47.2. The van der Waals surface area contributed by atoms with E-state index in [4.69, 9.17) is 19.9 Å². The van der Waals surface area contributed by atoms with Gasteiger partial charge in [0.15, 0.2) is 11.6 Å². The molecule has 0 spiro atoms. The fourth-order valence-corrected chi connectivity index (χ4v) is 5.32. The van der Waals surface area contributed by atoms with Gasteiger partial charge in [-0.1, -0.05) is 13.8 Å². The van der Waals surface area contributed by atoms with Gasteiger partial charge in [-0.3, -0.25) is 14.8 Å². The molecule has 1 saturated heterocycles. The maximum atomic E-state index is 12.1. The van der Waals surface area contributed by atoms with E-state index in [0.717, 1.165) is 45.3 Å². The summed E-state index contributed by atoms with van der Waals surface area (Å²) in [6, 6.07) is 9.61. The topological polar surface area (TPSA) is 146 Å². The molecule has 208 valence electrons. The highest BCUT2D eigenvalue weighted by atomic mass is 32.1. The molecule has 1 aliphatic rings. The molecule has 12 nitrogen and oxygen atoms in total. The molecule has 1 aliphatic heterocycles. The van der Waals surface area contributed by atoms with Crippen molar-refractivity contribution in [1.29, 1.82) is 0 Å². The van der Waals surface area contributed by atoms with Crippen LogP contribution in [0.3, 0.4) is 0 Å². The molecule has 1 fully saturated rings. The van der Waals surface area contributed by atoms with Crippen LogP contribution in [0, 0.1) is 5.92 Å². The van der Waals surface area contributed by atoms with Crippen LogP contribution in [0.2, 0.25) is 0 Å². The van der Waals surface area contributed by atoms with Gasteiger partial charge >= 0.3 is 0 Å². The molecule has 2 amide bonds. The second kappa shape index (κ2) is 11.9. The van der Waals surface area contributed by atoms with Crippen molar-refractivity contribution in [3.05, 3.63) is 53.2 Å². The van der Waals surface area contributed by atoms with Gasteiger partial charge in [0.25, 0.3) is 5.91 Å². The first kappa shape index (κ1) is 27.4. The Kier molecular flexibility index (Phi) is 8.14. The van der Waals surface area contributed by atoms with Gasteiger partial charge in [0, 0.05) is 54.6 Å². The van der Waals surface area contributed by atoms with Crippen LogP contribution in [-0.4, -0.2) is 70.3 Å². The second-order valence-corrected chi connectivity index (χ2v) is 10.8. The molecule has 5 rings (SSSR count). The van der Waals surface area contributed by atoms with E-state index in [2.05, 4.69) is 26.3 Å². The molecule has 0 atom stereocenters. The van der Waals surface area contributed by atoms with Crippen LogP contribution in [0.4, 0.5) is 17.5 Å². The van der Waals surface area contributed by atoms with Crippen molar-refractivity contribution in [2.75, 3.05) is 48.5 Å². The number of rotatable bonds is 8. The van der Waals surface area contributed by atoms with E-state index in [9.17, 15) is 9.59 Å². The lowest BCUT2D eigenvalue weighted by molar-refractivity contribution is -0.118. The minimum atomic E-state index is -0.668. The first-order valence-corrected chi connectivity index (χ1v) is 13.7. The molecular formula is C27H30N8O4S. The third kappa shape index (κ3) is 6.01. The fourth-order valence-electron chi connectivity index (χ4n) is 4.15. The molecule has 0 aliphatic carbocycles. The number of carbonyl (C=O) groups is 2. The van der Waals surface area contributed by atoms with Crippen LogP contribution < -0.4 is 20.6 Å². The van der Waals surface area contributed by atoms with Gasteiger partial charge in [0.1, 0.15) is 0 Å². The molecule has 3 aromatic heterocycles. The summed E-state index contributed by atoms with van der Waals surface area (Å²) in [6.07, 6.45) is 2.73. The number of nitrogens with zero attached hydrogens (tertiary/aromatic N) is 6. The Bertz CT molecular complexity index is 1500. The summed E-state index contributed by atoms with van der Waals surface area (Å²) in [5, 5.41) is 11.7. The Labute approximate surface area is 235 Å². The normalized spacial score (nSPS) is 13.5. The maximum Gasteiger partial charge on any atom is 0.277 e. The average Bonchev–Trinajstić information content (AvgIpc) is 3.39. The zero-order valence-electron chi connectivity index (χ0n) is 22.4. The van der Waals surface area contributed by atoms with Crippen molar-refractivity contribution in [3.8, 4) is 11.4 Å². The lowest BCUT2D eigenvalue weighted by atomic mass is 10.1. The second-order valence-electron chi connectivity index (χ2n) is 9.69. The van der Waals surface area contributed by atoms with Gasteiger partial charge in [-0.15, -0.1) is 11.3 Å². The van der Waals surface area contributed by atoms with Gasteiger partial charge in [-0.2, -0.15) is 0 Å². The number of ether oxygens (including phenoxy) is 1. The Morgan fingerprint density at radius 1 is 1.12 bits per heavy atom. The number of hydroxylamine groups is 1. The van der Waals surface area contributed by atoms with Crippen LogP contribution in [0.25, 0.3) is 21.6 Å². The van der Waals surface area contributed by atoms with E-state index >= 15 is 0 Å². The SMILES string of the molecule is CC(C)C(=O)Nc1ccc(-c2nc(N3CCOCC3)c3sc(CN(C)c4ncc(C(=O)NO)cn4)cc3n2)cc1. The first-order valence-electron chi connectivity index (χ1n) is 12.8. The molecule has 13 heteroatoms. The zero-order valence-corrected chi connectivity index (χ0v) is 23.2. The van der Waals surface area contributed by atoms with E-state index in [0.29, 0.717) is 31.5 Å². The van der Waals surface area contributed by atoms with Gasteiger partial charge in [0.2, 0.25) is 11.9 Å². The lowest BCUT2D eigenvalue weighted by Crippen LogP contribution is -2.36. The zero-order chi connectivity index (χ0) is 28.2. The number of hydrogen-bond acceptors (Lipinski definition) is 11. The highest BCUT2D eigenvalue weighted by molar-refractivity contribution is 7.19. The number of benzene rings is 1. The van der Waals surface area contributed by atoms with E-state index in [1.807, 2.05) is 50.1 Å². The highest BCUT2D eigenvalue weighted by Gasteiger charge is 2.21. The first-order chi connectivity index (χ1) is 19.3. The largest absolute Gasteiger partial charge is 0.378 e. The predicted molar refractivity (Wildman–Crippen MR) is 153 cm³/mol. The van der Waals surface area contributed by atoms with E-state index in [-0.39, 0.29) is 17.4 Å². The maximum absolute atomic E-state index is 12.1. The summed E-state index contributed by atoms with van der Waals surface area (Å²) < 4.78 is 6.56. The number of aromatic nitrogens is 4. The van der Waals surface area contributed by atoms with Crippen LogP contribution in [0.5, 0.6) is 0 Å². The molecule has 0 bridgehead atoms. The lowest BCUT2D eigenvalue weighted by Gasteiger charge is -2.28. The smallest absolute Gasteiger partial charge is 0.277 e.